The van der Waals surface area contributed by atoms with Crippen LogP contribution >= 0.6 is 0 Å². The van der Waals surface area contributed by atoms with Gasteiger partial charge in [0.15, 0.2) is 24.6 Å². The normalized spacial score (nSPS) is 18.7. The molecule has 1 heterocycles. The molecular formula is C65H106O12. The van der Waals surface area contributed by atoms with Gasteiger partial charge >= 0.3 is 23.9 Å². The number of hydrogen-bond donors (Lipinski definition) is 3. The van der Waals surface area contributed by atoms with Crippen LogP contribution < -0.4 is 0 Å². The molecule has 0 aliphatic carbocycles. The van der Waals surface area contributed by atoms with Gasteiger partial charge in [0.25, 0.3) is 0 Å². The first-order valence-electron chi connectivity index (χ1n) is 30.2. The first kappa shape index (κ1) is 70.7. The number of aliphatic carboxylic acids is 1. The fourth-order valence-electron chi connectivity index (χ4n) is 8.46. The number of rotatable bonds is 50. The van der Waals surface area contributed by atoms with E-state index in [1.807, 2.05) is 0 Å². The van der Waals surface area contributed by atoms with Crippen molar-refractivity contribution >= 4 is 23.9 Å². The molecule has 77 heavy (non-hydrogen) atoms. The average Bonchev–Trinajstić information content (AvgIpc) is 3.41. The summed E-state index contributed by atoms with van der Waals surface area (Å²) < 4.78 is 28.4. The van der Waals surface area contributed by atoms with Crippen LogP contribution in [0.4, 0.5) is 0 Å². The highest BCUT2D eigenvalue weighted by Crippen LogP contribution is 2.26. The second-order valence-corrected chi connectivity index (χ2v) is 20.2. The van der Waals surface area contributed by atoms with E-state index in [-0.39, 0.29) is 25.9 Å². The Morgan fingerprint density at radius 1 is 0.442 bits per heavy atom. The van der Waals surface area contributed by atoms with Gasteiger partial charge in [-0.2, -0.15) is 0 Å². The Labute approximate surface area is 466 Å². The molecule has 0 aromatic rings. The van der Waals surface area contributed by atoms with Gasteiger partial charge in [-0.1, -0.05) is 201 Å². The molecule has 438 valence electrons. The van der Waals surface area contributed by atoms with Crippen LogP contribution in [-0.2, 0) is 42.9 Å². The zero-order valence-corrected chi connectivity index (χ0v) is 48.2. The zero-order chi connectivity index (χ0) is 56.1. The van der Waals surface area contributed by atoms with Gasteiger partial charge in [0, 0.05) is 19.3 Å². The molecule has 12 nitrogen and oxygen atoms in total. The molecule has 12 heteroatoms. The predicted molar refractivity (Wildman–Crippen MR) is 312 cm³/mol. The van der Waals surface area contributed by atoms with Gasteiger partial charge in [-0.05, 0) is 116 Å². The lowest BCUT2D eigenvalue weighted by atomic mass is 9.98. The number of carbonyl (C=O) groups is 4. The summed E-state index contributed by atoms with van der Waals surface area (Å²) in [4.78, 5) is 51.1. The van der Waals surface area contributed by atoms with E-state index in [4.69, 9.17) is 23.7 Å². The Balaban J connectivity index is 2.69. The first-order valence-corrected chi connectivity index (χ1v) is 30.2. The highest BCUT2D eigenvalue weighted by Gasteiger charge is 2.50. The summed E-state index contributed by atoms with van der Waals surface area (Å²) in [7, 11) is 0. The second kappa shape index (κ2) is 52.3. The molecule has 1 saturated heterocycles. The third kappa shape index (κ3) is 42.3. The van der Waals surface area contributed by atoms with Crippen LogP contribution in [0.15, 0.2) is 97.2 Å². The molecule has 0 aromatic carbocycles. The van der Waals surface area contributed by atoms with Gasteiger partial charge in [0.05, 0.1) is 6.61 Å². The molecular weight excluding hydrogens is 973 g/mol. The minimum absolute atomic E-state index is 0.0436. The highest BCUT2D eigenvalue weighted by molar-refractivity contribution is 5.74. The van der Waals surface area contributed by atoms with Crippen LogP contribution in [0.25, 0.3) is 0 Å². The first-order chi connectivity index (χ1) is 37.6. The van der Waals surface area contributed by atoms with Crippen molar-refractivity contribution in [2.24, 2.45) is 0 Å². The van der Waals surface area contributed by atoms with Gasteiger partial charge in [0.2, 0.25) is 0 Å². The molecule has 0 saturated carbocycles. The van der Waals surface area contributed by atoms with Gasteiger partial charge in [-0.15, -0.1) is 0 Å². The van der Waals surface area contributed by atoms with Gasteiger partial charge < -0.3 is 39.0 Å². The van der Waals surface area contributed by atoms with Crippen LogP contribution in [0.3, 0.4) is 0 Å². The third-order valence-electron chi connectivity index (χ3n) is 13.1. The van der Waals surface area contributed by atoms with Crippen LogP contribution in [0.2, 0.25) is 0 Å². The third-order valence-corrected chi connectivity index (χ3v) is 13.1. The standard InChI is InChI=1S/C65H106O12/c1-4-7-10-13-16-19-22-24-26-28-29-31-32-34-37-39-42-45-48-51-57(66)73-54-56(75-58(67)52-49-46-43-40-36-21-18-15-12-9-6-3)55-74-65-63(61(70)60(69)62(77-65)64(71)72)76-59(68)53-50-47-44-41-38-35-33-30-27-25-23-20-17-14-11-8-5-2/h7,10,15-20,24-27,29,31,34,37,56,60-63,65,69-70H,4-6,8-9,11-14,21-23,28,30,32-33,35-36,38-55H2,1-3H3,(H,71,72)/b10-7-,18-15-,19-16-,20-17-,26-24-,27-25-,31-29-,37-34-. The van der Waals surface area contributed by atoms with Crippen LogP contribution in [0, 0.1) is 0 Å². The molecule has 6 unspecified atom stereocenters. The molecule has 1 fully saturated rings. The summed E-state index contributed by atoms with van der Waals surface area (Å²) in [6.07, 6.45) is 56.6. The molecule has 3 N–H and O–H groups in total. The number of esters is 3. The number of carboxylic acids is 1. The van der Waals surface area contributed by atoms with Crippen molar-refractivity contribution in [2.45, 2.75) is 276 Å². The maximum Gasteiger partial charge on any atom is 0.335 e. The maximum absolute atomic E-state index is 13.1. The van der Waals surface area contributed by atoms with Crippen LogP contribution in [-0.4, -0.2) is 89.2 Å². The Bertz CT molecular complexity index is 1710. The minimum Gasteiger partial charge on any atom is -0.479 e. The quantitative estimate of drug-likeness (QED) is 0.0228. The summed E-state index contributed by atoms with van der Waals surface area (Å²) >= 11 is 0. The molecule has 0 amide bonds. The van der Waals surface area contributed by atoms with E-state index in [0.717, 1.165) is 148 Å². The van der Waals surface area contributed by atoms with E-state index < -0.39 is 67.3 Å². The van der Waals surface area contributed by atoms with Crippen molar-refractivity contribution in [1.82, 2.24) is 0 Å². The molecule has 1 rings (SSSR count). The molecule has 0 aromatic heterocycles. The molecule has 1 aliphatic heterocycles. The van der Waals surface area contributed by atoms with Gasteiger partial charge in [-0.25, -0.2) is 4.79 Å². The van der Waals surface area contributed by atoms with Crippen molar-refractivity contribution in [3.05, 3.63) is 97.2 Å². The van der Waals surface area contributed by atoms with E-state index in [2.05, 4.69) is 118 Å². The predicted octanol–water partition coefficient (Wildman–Crippen LogP) is 15.7. The van der Waals surface area contributed by atoms with Gasteiger partial charge in [0.1, 0.15) is 18.8 Å². The topological polar surface area (TPSA) is 175 Å². The largest absolute Gasteiger partial charge is 0.479 e. The summed E-state index contributed by atoms with van der Waals surface area (Å²) in [5.41, 5.74) is 0. The number of allylic oxidation sites excluding steroid dienone is 16. The Morgan fingerprint density at radius 2 is 0.831 bits per heavy atom. The number of unbranched alkanes of at least 4 members (excludes halogenated alkanes) is 20. The number of ether oxygens (including phenoxy) is 5. The lowest BCUT2D eigenvalue weighted by Crippen LogP contribution is -2.61. The van der Waals surface area contributed by atoms with Crippen LogP contribution in [0.1, 0.15) is 239 Å². The number of aliphatic hydroxyl groups is 2. The van der Waals surface area contributed by atoms with E-state index in [1.165, 1.54) is 32.1 Å². The van der Waals surface area contributed by atoms with E-state index in [0.29, 0.717) is 19.3 Å². The van der Waals surface area contributed by atoms with Crippen molar-refractivity contribution in [3.8, 4) is 0 Å². The summed E-state index contributed by atoms with van der Waals surface area (Å²) in [5.74, 6) is -3.19. The van der Waals surface area contributed by atoms with Crippen molar-refractivity contribution < 1.29 is 58.2 Å². The lowest BCUT2D eigenvalue weighted by molar-refractivity contribution is -0.301. The van der Waals surface area contributed by atoms with E-state index >= 15 is 0 Å². The molecule has 6 atom stereocenters. The summed E-state index contributed by atoms with van der Waals surface area (Å²) in [5, 5.41) is 31.5. The Hall–Kier alpha value is -4.36. The fraction of sp³-hybridized carbons (Fsp3) is 0.692. The van der Waals surface area contributed by atoms with Crippen molar-refractivity contribution in [2.75, 3.05) is 13.2 Å². The molecule has 0 radical (unpaired) electrons. The smallest absolute Gasteiger partial charge is 0.335 e. The Kier molecular flexibility index (Phi) is 48.0. The Morgan fingerprint density at radius 3 is 1.31 bits per heavy atom. The number of hydrogen-bond acceptors (Lipinski definition) is 11. The monoisotopic (exact) mass is 1080 g/mol. The van der Waals surface area contributed by atoms with Crippen molar-refractivity contribution in [3.63, 3.8) is 0 Å². The van der Waals surface area contributed by atoms with Crippen LogP contribution in [0.5, 0.6) is 0 Å². The second-order valence-electron chi connectivity index (χ2n) is 20.2. The fourth-order valence-corrected chi connectivity index (χ4v) is 8.46. The summed E-state index contributed by atoms with van der Waals surface area (Å²) in [6, 6.07) is 0. The molecule has 0 bridgehead atoms. The van der Waals surface area contributed by atoms with Crippen molar-refractivity contribution in [1.29, 1.82) is 0 Å². The van der Waals surface area contributed by atoms with E-state index in [1.54, 1.807) is 0 Å². The SMILES string of the molecule is CC/C=C\C/C=C\C/C=C\C/C=C\C/C=C\CCCCCC(=O)OCC(COC1OC(C(=O)O)C(O)C(O)C1OC(=O)CCCCCCCCC/C=C\C/C=C\CCCCC)OC(=O)CCCCCCC/C=C\CCCC. The minimum atomic E-state index is -1.92. The number of aliphatic hydroxyl groups excluding tert-OH is 2. The average molecular weight is 1080 g/mol. The number of carbonyl (C=O) groups excluding carboxylic acids is 3. The zero-order valence-electron chi connectivity index (χ0n) is 48.2. The molecule has 0 spiro atoms. The highest BCUT2D eigenvalue weighted by atomic mass is 16.7. The van der Waals surface area contributed by atoms with Gasteiger partial charge in [-0.3, -0.25) is 14.4 Å². The van der Waals surface area contributed by atoms with E-state index in [9.17, 15) is 34.5 Å². The molecule has 1 aliphatic rings. The maximum atomic E-state index is 13.1. The summed E-state index contributed by atoms with van der Waals surface area (Å²) in [6.45, 7) is 5.77. The lowest BCUT2D eigenvalue weighted by Gasteiger charge is -2.40. The number of carboxylic acid groups (broad SMARTS) is 1.